The van der Waals surface area contributed by atoms with Gasteiger partial charge in [0.25, 0.3) is 0 Å². The molecule has 4 rings (SSSR count). The average Bonchev–Trinajstić information content (AvgIpc) is 2.73. The van der Waals surface area contributed by atoms with Crippen LogP contribution >= 0.6 is 0 Å². The van der Waals surface area contributed by atoms with Gasteiger partial charge in [-0.3, -0.25) is 4.79 Å². The summed E-state index contributed by atoms with van der Waals surface area (Å²) >= 11 is 0. The Hall–Kier alpha value is -2.69. The van der Waals surface area contributed by atoms with Gasteiger partial charge in [-0.05, 0) is 28.0 Å². The Kier molecular flexibility index (Phi) is 5.47. The zero-order chi connectivity index (χ0) is 18.5. The van der Waals surface area contributed by atoms with Gasteiger partial charge in [-0.25, -0.2) is 0 Å². The maximum atomic E-state index is 12.7. The Morgan fingerprint density at radius 3 is 2.56 bits per heavy atom. The minimum atomic E-state index is -0.173. The van der Waals surface area contributed by atoms with E-state index < -0.39 is 0 Å². The highest BCUT2D eigenvalue weighted by Gasteiger charge is 2.21. The van der Waals surface area contributed by atoms with Crippen LogP contribution in [0.2, 0.25) is 0 Å². The molecule has 0 saturated carbocycles. The zero-order valence-electron chi connectivity index (χ0n) is 15.2. The largest absolute Gasteiger partial charge is 0.378 e. The maximum absolute atomic E-state index is 12.7. The first-order valence-electron chi connectivity index (χ1n) is 9.44. The molecule has 1 amide bonds. The number of hydrogen-bond donors (Lipinski definition) is 2. The molecule has 0 spiro atoms. The van der Waals surface area contributed by atoms with Gasteiger partial charge in [-0.1, -0.05) is 66.7 Å². The summed E-state index contributed by atoms with van der Waals surface area (Å²) in [6.45, 7) is 2.09. The molecule has 0 aromatic heterocycles. The molecule has 0 aliphatic carbocycles. The summed E-state index contributed by atoms with van der Waals surface area (Å²) in [5.74, 6) is 0.0278. The number of amides is 1. The molecule has 1 fully saturated rings. The number of benzene rings is 3. The third-order valence-electron chi connectivity index (χ3n) is 4.98. The van der Waals surface area contributed by atoms with E-state index >= 15 is 0 Å². The van der Waals surface area contributed by atoms with Crippen LogP contribution in [0.25, 0.3) is 10.8 Å². The molecule has 3 aromatic carbocycles. The molecule has 1 saturated heterocycles. The summed E-state index contributed by atoms with van der Waals surface area (Å²) in [5, 5.41) is 8.94. The quantitative estimate of drug-likeness (QED) is 0.733. The van der Waals surface area contributed by atoms with Gasteiger partial charge in [0.1, 0.15) is 0 Å². The Morgan fingerprint density at radius 1 is 1.00 bits per heavy atom. The van der Waals surface area contributed by atoms with Crippen LogP contribution in [0, 0.1) is 0 Å². The molecule has 1 aliphatic rings. The van der Waals surface area contributed by atoms with Crippen LogP contribution in [0.15, 0.2) is 72.8 Å². The van der Waals surface area contributed by atoms with Crippen LogP contribution in [0.4, 0.5) is 0 Å². The van der Waals surface area contributed by atoms with Gasteiger partial charge in [-0.15, -0.1) is 0 Å². The third-order valence-corrected chi connectivity index (χ3v) is 4.98. The first kappa shape index (κ1) is 17.7. The molecule has 2 unspecified atom stereocenters. The maximum Gasteiger partial charge on any atom is 0.222 e. The number of ether oxygens (including phenoxy) is 1. The van der Waals surface area contributed by atoms with Gasteiger partial charge in [0.05, 0.1) is 19.3 Å². The summed E-state index contributed by atoms with van der Waals surface area (Å²) < 4.78 is 5.46. The standard InChI is InChI=1S/C23H24N2O2/c26-22(15-21-16-27-13-12-24-21)25-23(18-7-2-1-3-8-18)20-11-10-17-6-4-5-9-19(17)14-20/h1-11,14,21,23-24H,12-13,15-16H2,(H,25,26). The van der Waals surface area contributed by atoms with Crippen LogP contribution < -0.4 is 10.6 Å². The first-order chi connectivity index (χ1) is 13.3. The molecule has 1 aliphatic heterocycles. The van der Waals surface area contributed by atoms with Gasteiger partial charge >= 0.3 is 0 Å². The first-order valence-corrected chi connectivity index (χ1v) is 9.44. The highest BCUT2D eigenvalue weighted by atomic mass is 16.5. The van der Waals surface area contributed by atoms with E-state index in [2.05, 4.69) is 53.1 Å². The predicted octanol–water partition coefficient (Wildman–Crippen LogP) is 3.42. The lowest BCUT2D eigenvalue weighted by molar-refractivity contribution is -0.122. The Balaban J connectivity index is 1.59. The van der Waals surface area contributed by atoms with E-state index in [0.717, 1.165) is 17.7 Å². The molecular weight excluding hydrogens is 336 g/mol. The van der Waals surface area contributed by atoms with Crippen molar-refractivity contribution in [2.45, 2.75) is 18.5 Å². The fraction of sp³-hybridized carbons (Fsp3) is 0.261. The summed E-state index contributed by atoms with van der Waals surface area (Å²) in [7, 11) is 0. The molecule has 1 heterocycles. The van der Waals surface area contributed by atoms with Crippen LogP contribution in [0.5, 0.6) is 0 Å². The van der Waals surface area contributed by atoms with Crippen molar-refractivity contribution in [1.82, 2.24) is 10.6 Å². The number of carbonyl (C=O) groups excluding carboxylic acids is 1. The average molecular weight is 360 g/mol. The van der Waals surface area contributed by atoms with E-state index in [4.69, 9.17) is 4.74 Å². The van der Waals surface area contributed by atoms with Gasteiger partial charge in [0, 0.05) is 19.0 Å². The molecule has 27 heavy (non-hydrogen) atoms. The van der Waals surface area contributed by atoms with Crippen molar-refractivity contribution in [3.05, 3.63) is 83.9 Å². The zero-order valence-corrected chi connectivity index (χ0v) is 15.2. The predicted molar refractivity (Wildman–Crippen MR) is 108 cm³/mol. The smallest absolute Gasteiger partial charge is 0.222 e. The summed E-state index contributed by atoms with van der Waals surface area (Å²) in [4.78, 5) is 12.7. The molecule has 0 bridgehead atoms. The molecule has 4 nitrogen and oxygen atoms in total. The Bertz CT molecular complexity index is 904. The molecule has 2 atom stereocenters. The second kappa shape index (κ2) is 8.33. The minimum Gasteiger partial charge on any atom is -0.378 e. The van der Waals surface area contributed by atoms with Crippen LogP contribution in [-0.2, 0) is 9.53 Å². The van der Waals surface area contributed by atoms with Crippen molar-refractivity contribution in [2.75, 3.05) is 19.8 Å². The Morgan fingerprint density at radius 2 is 1.78 bits per heavy atom. The number of carbonyl (C=O) groups is 1. The van der Waals surface area contributed by atoms with Crippen LogP contribution in [0.1, 0.15) is 23.6 Å². The number of fused-ring (bicyclic) bond motifs is 1. The lowest BCUT2D eigenvalue weighted by atomic mass is 9.96. The lowest BCUT2D eigenvalue weighted by Gasteiger charge is -2.25. The van der Waals surface area contributed by atoms with Crippen molar-refractivity contribution < 1.29 is 9.53 Å². The van der Waals surface area contributed by atoms with E-state index in [0.29, 0.717) is 19.6 Å². The van der Waals surface area contributed by atoms with E-state index in [-0.39, 0.29) is 18.0 Å². The molecule has 2 N–H and O–H groups in total. The second-order valence-corrected chi connectivity index (χ2v) is 6.95. The van der Waals surface area contributed by atoms with Crippen molar-refractivity contribution in [3.63, 3.8) is 0 Å². The molecular formula is C23H24N2O2. The summed E-state index contributed by atoms with van der Waals surface area (Å²) in [6.07, 6.45) is 0.414. The molecule has 4 heteroatoms. The number of morpholine rings is 1. The topological polar surface area (TPSA) is 50.4 Å². The third kappa shape index (κ3) is 4.35. The lowest BCUT2D eigenvalue weighted by Crippen LogP contribution is -2.44. The molecule has 3 aromatic rings. The van der Waals surface area contributed by atoms with Crippen molar-refractivity contribution in [2.24, 2.45) is 0 Å². The fourth-order valence-electron chi connectivity index (χ4n) is 3.59. The summed E-state index contributed by atoms with van der Waals surface area (Å²) in [6, 6.07) is 24.7. The van der Waals surface area contributed by atoms with Gasteiger partial charge in [0.15, 0.2) is 0 Å². The van der Waals surface area contributed by atoms with Gasteiger partial charge < -0.3 is 15.4 Å². The SMILES string of the molecule is O=C(CC1COCCN1)NC(c1ccccc1)c1ccc2ccccc2c1. The van der Waals surface area contributed by atoms with Crippen molar-refractivity contribution in [3.8, 4) is 0 Å². The highest BCUT2D eigenvalue weighted by molar-refractivity contribution is 5.84. The Labute approximate surface area is 159 Å². The van der Waals surface area contributed by atoms with Crippen molar-refractivity contribution in [1.29, 1.82) is 0 Å². The van der Waals surface area contributed by atoms with Gasteiger partial charge in [0.2, 0.25) is 5.91 Å². The van der Waals surface area contributed by atoms with E-state index in [1.807, 2.05) is 30.3 Å². The molecule has 0 radical (unpaired) electrons. The van der Waals surface area contributed by atoms with Crippen LogP contribution in [0.3, 0.4) is 0 Å². The monoisotopic (exact) mass is 360 g/mol. The van der Waals surface area contributed by atoms with E-state index in [1.165, 1.54) is 10.8 Å². The highest BCUT2D eigenvalue weighted by Crippen LogP contribution is 2.26. The normalized spacial score (nSPS) is 18.1. The minimum absolute atomic E-state index is 0.0278. The summed E-state index contributed by atoms with van der Waals surface area (Å²) in [5.41, 5.74) is 2.16. The van der Waals surface area contributed by atoms with Crippen LogP contribution in [-0.4, -0.2) is 31.7 Å². The fourth-order valence-corrected chi connectivity index (χ4v) is 3.59. The van der Waals surface area contributed by atoms with Gasteiger partial charge in [-0.2, -0.15) is 0 Å². The van der Waals surface area contributed by atoms with Crippen molar-refractivity contribution >= 4 is 16.7 Å². The molecule has 138 valence electrons. The number of hydrogen-bond acceptors (Lipinski definition) is 3. The van der Waals surface area contributed by atoms with E-state index in [9.17, 15) is 4.79 Å². The number of nitrogens with one attached hydrogen (secondary N) is 2. The second-order valence-electron chi connectivity index (χ2n) is 6.95. The van der Waals surface area contributed by atoms with E-state index in [1.54, 1.807) is 0 Å². The number of rotatable bonds is 5.